The molecule has 1 heterocycles. The molecule has 0 spiro atoms. The summed E-state index contributed by atoms with van der Waals surface area (Å²) in [4.78, 5) is 16.9. The Balaban J connectivity index is 1.72. The van der Waals surface area contributed by atoms with E-state index in [4.69, 9.17) is 23.2 Å². The van der Waals surface area contributed by atoms with Crippen molar-refractivity contribution in [2.75, 3.05) is 5.32 Å². The fraction of sp³-hybridized carbons (Fsp3) is 0. The molecule has 1 amide bonds. The van der Waals surface area contributed by atoms with E-state index in [1.807, 2.05) is 24.3 Å². The van der Waals surface area contributed by atoms with Crippen molar-refractivity contribution < 1.29 is 4.79 Å². The molecule has 0 aliphatic heterocycles. The van der Waals surface area contributed by atoms with E-state index in [0.717, 1.165) is 21.0 Å². The monoisotopic (exact) mass is 372 g/mol. The van der Waals surface area contributed by atoms with Crippen LogP contribution in [0.5, 0.6) is 0 Å². The quantitative estimate of drug-likeness (QED) is 0.468. The molecule has 0 bridgehead atoms. The van der Waals surface area contributed by atoms with E-state index in [0.29, 0.717) is 20.7 Å². The van der Waals surface area contributed by atoms with Crippen LogP contribution in [0.25, 0.3) is 21.0 Å². The van der Waals surface area contributed by atoms with Gasteiger partial charge in [-0.25, -0.2) is 4.98 Å². The molecule has 0 radical (unpaired) electrons. The largest absolute Gasteiger partial charge is 0.298 e. The highest BCUT2D eigenvalue weighted by Crippen LogP contribution is 2.33. The first-order chi connectivity index (χ1) is 11.6. The maximum absolute atomic E-state index is 12.4. The molecular weight excluding hydrogens is 363 g/mol. The van der Waals surface area contributed by atoms with Crippen molar-refractivity contribution in [1.82, 2.24) is 4.98 Å². The first kappa shape index (κ1) is 15.4. The maximum Gasteiger partial charge on any atom is 0.257 e. The number of fused-ring (bicyclic) bond motifs is 3. The van der Waals surface area contributed by atoms with Crippen molar-refractivity contribution in [2.45, 2.75) is 0 Å². The predicted molar refractivity (Wildman–Crippen MR) is 102 cm³/mol. The third-order valence-corrected chi connectivity index (χ3v) is 5.08. The number of carbonyl (C=O) groups is 1. The number of amides is 1. The third kappa shape index (κ3) is 2.84. The predicted octanol–water partition coefficient (Wildman–Crippen LogP) is 6.01. The van der Waals surface area contributed by atoms with Gasteiger partial charge in [-0.2, -0.15) is 0 Å². The number of halogens is 2. The summed E-state index contributed by atoms with van der Waals surface area (Å²) in [5, 5.41) is 6.47. The van der Waals surface area contributed by atoms with Gasteiger partial charge in [0.2, 0.25) is 0 Å². The van der Waals surface area contributed by atoms with Crippen molar-refractivity contribution in [3.05, 3.63) is 70.2 Å². The highest BCUT2D eigenvalue weighted by Gasteiger charge is 2.12. The maximum atomic E-state index is 12.4. The Morgan fingerprint density at radius 3 is 2.54 bits per heavy atom. The molecule has 0 fully saturated rings. The van der Waals surface area contributed by atoms with Crippen LogP contribution in [0.1, 0.15) is 10.4 Å². The molecule has 1 aromatic heterocycles. The first-order valence-corrected chi connectivity index (χ1v) is 8.73. The highest BCUT2D eigenvalue weighted by atomic mass is 35.5. The number of carbonyl (C=O) groups excluding carboxylic acids is 1. The minimum atomic E-state index is -0.289. The van der Waals surface area contributed by atoms with Crippen LogP contribution >= 0.6 is 34.5 Å². The molecule has 0 saturated heterocycles. The van der Waals surface area contributed by atoms with Gasteiger partial charge in [0.05, 0.1) is 10.2 Å². The fourth-order valence-corrected chi connectivity index (χ4v) is 4.08. The van der Waals surface area contributed by atoms with Crippen molar-refractivity contribution in [3.8, 4) is 0 Å². The number of aromatic nitrogens is 1. The van der Waals surface area contributed by atoms with Crippen LogP contribution in [0.3, 0.4) is 0 Å². The number of anilines is 1. The van der Waals surface area contributed by atoms with Crippen LogP contribution in [0, 0.1) is 0 Å². The van der Waals surface area contributed by atoms with E-state index in [-0.39, 0.29) is 5.91 Å². The molecule has 1 N–H and O–H groups in total. The number of hydrogen-bond donors (Lipinski definition) is 1. The zero-order valence-corrected chi connectivity index (χ0v) is 14.5. The summed E-state index contributed by atoms with van der Waals surface area (Å²) >= 11 is 13.3. The zero-order valence-electron chi connectivity index (χ0n) is 12.2. The average Bonchev–Trinajstić information content (AvgIpc) is 2.97. The number of thiazole rings is 1. The minimum absolute atomic E-state index is 0.289. The molecule has 3 nitrogen and oxygen atoms in total. The molecule has 0 aliphatic carbocycles. The van der Waals surface area contributed by atoms with Crippen LogP contribution in [-0.2, 0) is 0 Å². The molecule has 4 aromatic rings. The SMILES string of the molecule is O=C(Nc1nc2ccc3ccccc3c2s1)c1cc(Cl)cc(Cl)c1. The number of hydrogen-bond acceptors (Lipinski definition) is 3. The van der Waals surface area contributed by atoms with Crippen molar-refractivity contribution in [2.24, 2.45) is 0 Å². The second-order valence-corrected chi connectivity index (χ2v) is 7.14. The fourth-order valence-electron chi connectivity index (χ4n) is 2.56. The molecule has 4 rings (SSSR count). The molecule has 6 heteroatoms. The summed E-state index contributed by atoms with van der Waals surface area (Å²) in [6, 6.07) is 16.8. The summed E-state index contributed by atoms with van der Waals surface area (Å²) in [5.74, 6) is -0.289. The van der Waals surface area contributed by atoms with Crippen LogP contribution in [0.15, 0.2) is 54.6 Å². The minimum Gasteiger partial charge on any atom is -0.298 e. The number of nitrogens with zero attached hydrogens (tertiary/aromatic N) is 1. The number of rotatable bonds is 2. The van der Waals surface area contributed by atoms with Gasteiger partial charge in [-0.15, -0.1) is 0 Å². The van der Waals surface area contributed by atoms with E-state index < -0.39 is 0 Å². The van der Waals surface area contributed by atoms with Gasteiger partial charge in [0.25, 0.3) is 5.91 Å². The number of nitrogens with one attached hydrogen (secondary N) is 1. The third-order valence-electron chi connectivity index (χ3n) is 3.62. The normalized spacial score (nSPS) is 11.1. The van der Waals surface area contributed by atoms with Crippen LogP contribution in [0.2, 0.25) is 10.0 Å². The van der Waals surface area contributed by atoms with Crippen LogP contribution in [0.4, 0.5) is 5.13 Å². The molecule has 0 atom stereocenters. The molecule has 118 valence electrons. The van der Waals surface area contributed by atoms with E-state index in [1.165, 1.54) is 11.3 Å². The zero-order chi connectivity index (χ0) is 16.7. The van der Waals surface area contributed by atoms with Crippen LogP contribution < -0.4 is 5.32 Å². The molecule has 0 saturated carbocycles. The van der Waals surface area contributed by atoms with Gasteiger partial charge in [-0.1, -0.05) is 64.9 Å². The van der Waals surface area contributed by atoms with Crippen LogP contribution in [-0.4, -0.2) is 10.9 Å². The Morgan fingerprint density at radius 2 is 1.75 bits per heavy atom. The molecule has 24 heavy (non-hydrogen) atoms. The summed E-state index contributed by atoms with van der Waals surface area (Å²) in [7, 11) is 0. The smallest absolute Gasteiger partial charge is 0.257 e. The molecule has 3 aromatic carbocycles. The van der Waals surface area contributed by atoms with Gasteiger partial charge in [-0.3, -0.25) is 10.1 Å². The Labute approximate surface area is 151 Å². The average molecular weight is 373 g/mol. The summed E-state index contributed by atoms with van der Waals surface area (Å²) < 4.78 is 1.05. The van der Waals surface area contributed by atoms with Gasteiger partial charge in [0.15, 0.2) is 5.13 Å². The topological polar surface area (TPSA) is 42.0 Å². The van der Waals surface area contributed by atoms with Gasteiger partial charge < -0.3 is 0 Å². The lowest BCUT2D eigenvalue weighted by Gasteiger charge is -2.02. The van der Waals surface area contributed by atoms with E-state index in [2.05, 4.69) is 22.4 Å². The van der Waals surface area contributed by atoms with Crippen molar-refractivity contribution in [3.63, 3.8) is 0 Å². The van der Waals surface area contributed by atoms with Gasteiger partial charge in [0, 0.05) is 21.0 Å². The first-order valence-electron chi connectivity index (χ1n) is 7.16. The molecule has 0 unspecified atom stereocenters. The Morgan fingerprint density at radius 1 is 1.00 bits per heavy atom. The molecular formula is C18H10Cl2N2OS. The Hall–Kier alpha value is -2.14. The second kappa shape index (κ2) is 6.06. The van der Waals surface area contributed by atoms with Gasteiger partial charge in [-0.05, 0) is 29.7 Å². The summed E-state index contributed by atoms with van der Waals surface area (Å²) in [6.07, 6.45) is 0. The van der Waals surface area contributed by atoms with E-state index >= 15 is 0 Å². The Kier molecular flexibility index (Phi) is 3.88. The lowest BCUT2D eigenvalue weighted by Crippen LogP contribution is -2.11. The van der Waals surface area contributed by atoms with Crippen molar-refractivity contribution >= 4 is 66.6 Å². The second-order valence-electron chi connectivity index (χ2n) is 5.27. The molecule has 0 aliphatic rings. The van der Waals surface area contributed by atoms with Gasteiger partial charge >= 0.3 is 0 Å². The van der Waals surface area contributed by atoms with E-state index in [9.17, 15) is 4.79 Å². The number of benzene rings is 3. The lowest BCUT2D eigenvalue weighted by atomic mass is 10.1. The Bertz CT molecular complexity index is 1070. The van der Waals surface area contributed by atoms with Gasteiger partial charge in [0.1, 0.15) is 0 Å². The summed E-state index contributed by atoms with van der Waals surface area (Å²) in [6.45, 7) is 0. The summed E-state index contributed by atoms with van der Waals surface area (Å²) in [5.41, 5.74) is 1.26. The lowest BCUT2D eigenvalue weighted by molar-refractivity contribution is 0.102. The van der Waals surface area contributed by atoms with E-state index in [1.54, 1.807) is 18.2 Å². The highest BCUT2D eigenvalue weighted by molar-refractivity contribution is 7.23. The standard InChI is InChI=1S/C18H10Cl2N2OS/c19-12-7-11(8-13(20)9-12)17(23)22-18-21-15-6-5-10-3-1-2-4-14(10)16(15)24-18/h1-9H,(H,21,22,23). The van der Waals surface area contributed by atoms with Crippen molar-refractivity contribution in [1.29, 1.82) is 0 Å².